The van der Waals surface area contributed by atoms with E-state index in [0.717, 1.165) is 24.5 Å². The van der Waals surface area contributed by atoms with Gasteiger partial charge >= 0.3 is 0 Å². The number of nitrogens with one attached hydrogen (secondary N) is 1. The van der Waals surface area contributed by atoms with E-state index < -0.39 is 0 Å². The quantitative estimate of drug-likeness (QED) is 0.718. The number of halogens is 1. The van der Waals surface area contributed by atoms with Gasteiger partial charge in [-0.15, -0.1) is 0 Å². The lowest BCUT2D eigenvalue weighted by atomic mass is 9.96. The average molecular weight is 254 g/mol. The van der Waals surface area contributed by atoms with Crippen LogP contribution in [0.1, 0.15) is 37.8 Å². The molecule has 0 heterocycles. The molecule has 0 aliphatic carbocycles. The largest absolute Gasteiger partial charge is 0.316 e. The van der Waals surface area contributed by atoms with Crippen LogP contribution in [0.2, 0.25) is 5.02 Å². The van der Waals surface area contributed by atoms with Crippen molar-refractivity contribution in [2.24, 2.45) is 5.92 Å². The smallest absolute Gasteiger partial charge is 0.0440 e. The molecule has 0 aromatic heterocycles. The number of aryl methyl sites for hydroxylation is 1. The summed E-state index contributed by atoms with van der Waals surface area (Å²) in [5, 5.41) is 4.41. The average Bonchev–Trinajstić information content (AvgIpc) is 2.31. The van der Waals surface area contributed by atoms with Gasteiger partial charge in [-0.25, -0.2) is 0 Å². The van der Waals surface area contributed by atoms with Gasteiger partial charge in [-0.3, -0.25) is 0 Å². The van der Waals surface area contributed by atoms with Crippen LogP contribution >= 0.6 is 11.6 Å². The molecule has 17 heavy (non-hydrogen) atoms. The van der Waals surface area contributed by atoms with Gasteiger partial charge in [0.05, 0.1) is 0 Å². The molecule has 0 amide bonds. The van der Waals surface area contributed by atoms with Crippen LogP contribution in [0.5, 0.6) is 0 Å². The summed E-state index contributed by atoms with van der Waals surface area (Å²) in [6.45, 7) is 8.73. The zero-order chi connectivity index (χ0) is 12.7. The van der Waals surface area contributed by atoms with Crippen LogP contribution in [0.4, 0.5) is 0 Å². The lowest BCUT2D eigenvalue weighted by Gasteiger charge is -2.16. The normalized spacial score (nSPS) is 12.7. The van der Waals surface area contributed by atoms with E-state index >= 15 is 0 Å². The van der Waals surface area contributed by atoms with Crippen LogP contribution in [0.15, 0.2) is 18.2 Å². The van der Waals surface area contributed by atoms with E-state index in [1.807, 2.05) is 0 Å². The summed E-state index contributed by atoms with van der Waals surface area (Å²) in [7, 11) is 0. The van der Waals surface area contributed by atoms with Gasteiger partial charge < -0.3 is 5.32 Å². The monoisotopic (exact) mass is 253 g/mol. The second-order valence-corrected chi connectivity index (χ2v) is 5.18. The summed E-state index contributed by atoms with van der Waals surface area (Å²) >= 11 is 6.27. The molecule has 0 radical (unpaired) electrons. The van der Waals surface area contributed by atoms with Crippen LogP contribution in [0, 0.1) is 12.8 Å². The maximum atomic E-state index is 6.27. The molecule has 1 aromatic rings. The van der Waals surface area contributed by atoms with Crippen molar-refractivity contribution in [2.45, 2.75) is 40.0 Å². The molecule has 0 fully saturated rings. The standard InChI is InChI=1S/C15H24ClN/c1-4-8-17-11-13(5-2)10-14-7-6-12(3)9-15(14)16/h6-7,9,13,17H,4-5,8,10-11H2,1-3H3. The highest BCUT2D eigenvalue weighted by atomic mass is 35.5. The van der Waals surface area contributed by atoms with Crippen molar-refractivity contribution in [1.82, 2.24) is 5.32 Å². The minimum atomic E-state index is 0.682. The molecule has 96 valence electrons. The third kappa shape index (κ3) is 5.10. The molecule has 1 unspecified atom stereocenters. The Morgan fingerprint density at radius 1 is 1.29 bits per heavy atom. The Kier molecular flexibility index (Phi) is 6.61. The van der Waals surface area contributed by atoms with Gasteiger partial charge in [0.1, 0.15) is 0 Å². The Morgan fingerprint density at radius 3 is 2.65 bits per heavy atom. The Bertz CT molecular complexity index is 336. The first-order valence-corrected chi connectivity index (χ1v) is 7.00. The maximum absolute atomic E-state index is 6.27. The number of hydrogen-bond acceptors (Lipinski definition) is 1. The third-order valence-corrected chi connectivity index (χ3v) is 3.51. The van der Waals surface area contributed by atoms with Crippen molar-refractivity contribution in [3.63, 3.8) is 0 Å². The third-order valence-electron chi connectivity index (χ3n) is 3.15. The first kappa shape index (κ1) is 14.5. The Balaban J connectivity index is 2.54. The van der Waals surface area contributed by atoms with Gasteiger partial charge in [0.2, 0.25) is 0 Å². The zero-order valence-electron chi connectivity index (χ0n) is 11.2. The molecule has 1 N–H and O–H groups in total. The Morgan fingerprint density at radius 2 is 2.06 bits per heavy atom. The van der Waals surface area contributed by atoms with Crippen molar-refractivity contribution in [2.75, 3.05) is 13.1 Å². The maximum Gasteiger partial charge on any atom is 0.0440 e. The van der Waals surface area contributed by atoms with E-state index in [1.54, 1.807) is 0 Å². The minimum Gasteiger partial charge on any atom is -0.316 e. The molecule has 0 bridgehead atoms. The fraction of sp³-hybridized carbons (Fsp3) is 0.600. The second kappa shape index (κ2) is 7.73. The van der Waals surface area contributed by atoms with E-state index in [2.05, 4.69) is 44.3 Å². The molecule has 0 saturated heterocycles. The first-order valence-electron chi connectivity index (χ1n) is 6.63. The van der Waals surface area contributed by atoms with Crippen LogP contribution in [-0.2, 0) is 6.42 Å². The van der Waals surface area contributed by atoms with Crippen LogP contribution < -0.4 is 5.32 Å². The van der Waals surface area contributed by atoms with Crippen LogP contribution in [-0.4, -0.2) is 13.1 Å². The van der Waals surface area contributed by atoms with Gasteiger partial charge in [0, 0.05) is 5.02 Å². The van der Waals surface area contributed by atoms with Crippen molar-refractivity contribution in [3.05, 3.63) is 34.3 Å². The second-order valence-electron chi connectivity index (χ2n) is 4.78. The van der Waals surface area contributed by atoms with Crippen LogP contribution in [0.3, 0.4) is 0 Å². The van der Waals surface area contributed by atoms with E-state index in [9.17, 15) is 0 Å². The summed E-state index contributed by atoms with van der Waals surface area (Å²) in [6, 6.07) is 6.37. The molecule has 1 atom stereocenters. The lowest BCUT2D eigenvalue weighted by molar-refractivity contribution is 0.460. The fourth-order valence-electron chi connectivity index (χ4n) is 1.97. The molecular formula is C15H24ClN. The summed E-state index contributed by atoms with van der Waals surface area (Å²) in [5.41, 5.74) is 2.51. The molecule has 0 aliphatic heterocycles. The van der Waals surface area contributed by atoms with Crippen molar-refractivity contribution < 1.29 is 0 Å². The zero-order valence-corrected chi connectivity index (χ0v) is 12.0. The van der Waals surface area contributed by atoms with E-state index in [-0.39, 0.29) is 0 Å². The molecule has 1 nitrogen and oxygen atoms in total. The molecule has 1 aromatic carbocycles. The van der Waals surface area contributed by atoms with Gasteiger partial charge in [-0.2, -0.15) is 0 Å². The lowest BCUT2D eigenvalue weighted by Crippen LogP contribution is -2.24. The topological polar surface area (TPSA) is 12.0 Å². The summed E-state index contributed by atoms with van der Waals surface area (Å²) < 4.78 is 0. The van der Waals surface area contributed by atoms with E-state index in [0.29, 0.717) is 5.92 Å². The molecule has 0 spiro atoms. The molecule has 0 saturated carbocycles. The predicted molar refractivity (Wildman–Crippen MR) is 76.8 cm³/mol. The molecular weight excluding hydrogens is 230 g/mol. The fourth-order valence-corrected chi connectivity index (χ4v) is 2.28. The van der Waals surface area contributed by atoms with Crippen LogP contribution in [0.25, 0.3) is 0 Å². The first-order chi connectivity index (χ1) is 8.17. The summed E-state index contributed by atoms with van der Waals surface area (Å²) in [5.74, 6) is 0.682. The highest BCUT2D eigenvalue weighted by Gasteiger charge is 2.09. The number of hydrogen-bond donors (Lipinski definition) is 1. The number of benzene rings is 1. The summed E-state index contributed by atoms with van der Waals surface area (Å²) in [4.78, 5) is 0. The minimum absolute atomic E-state index is 0.682. The summed E-state index contributed by atoms with van der Waals surface area (Å²) in [6.07, 6.45) is 3.47. The van der Waals surface area contributed by atoms with Crippen molar-refractivity contribution >= 4 is 11.6 Å². The SMILES string of the molecule is CCCNCC(CC)Cc1ccc(C)cc1Cl. The molecule has 1 rings (SSSR count). The Labute approximate surface area is 111 Å². The van der Waals surface area contributed by atoms with Gasteiger partial charge in [0.25, 0.3) is 0 Å². The van der Waals surface area contributed by atoms with Crippen molar-refractivity contribution in [3.8, 4) is 0 Å². The van der Waals surface area contributed by atoms with Gasteiger partial charge in [0.15, 0.2) is 0 Å². The van der Waals surface area contributed by atoms with Gasteiger partial charge in [-0.1, -0.05) is 44.0 Å². The highest BCUT2D eigenvalue weighted by molar-refractivity contribution is 6.31. The Hall–Kier alpha value is -0.530. The predicted octanol–water partition coefficient (Wildman–Crippen LogP) is 4.22. The highest BCUT2D eigenvalue weighted by Crippen LogP contribution is 2.21. The van der Waals surface area contributed by atoms with E-state index in [4.69, 9.17) is 11.6 Å². The molecule has 2 heteroatoms. The number of rotatable bonds is 7. The van der Waals surface area contributed by atoms with Gasteiger partial charge in [-0.05, 0) is 56.0 Å². The van der Waals surface area contributed by atoms with E-state index in [1.165, 1.54) is 24.0 Å². The van der Waals surface area contributed by atoms with Crippen molar-refractivity contribution in [1.29, 1.82) is 0 Å². The molecule has 0 aliphatic rings.